The van der Waals surface area contributed by atoms with Gasteiger partial charge in [0.15, 0.2) is 11.5 Å². The van der Waals surface area contributed by atoms with E-state index in [1.807, 2.05) is 18.2 Å². The van der Waals surface area contributed by atoms with Crippen LogP contribution in [0.25, 0.3) is 33.6 Å². The molecule has 2 heterocycles. The number of rotatable bonds is 3. The second-order valence-corrected chi connectivity index (χ2v) is 8.53. The minimum atomic E-state index is -4.94. The van der Waals surface area contributed by atoms with E-state index >= 15 is 0 Å². The van der Waals surface area contributed by atoms with Gasteiger partial charge in [0.1, 0.15) is 13.2 Å². The summed E-state index contributed by atoms with van der Waals surface area (Å²) in [6.45, 7) is 2.16. The minimum absolute atomic E-state index is 0.507. The Kier molecular flexibility index (Phi) is 8.50. The van der Waals surface area contributed by atoms with Gasteiger partial charge >= 0.3 is 0 Å². The molecule has 1 aromatic heterocycles. The van der Waals surface area contributed by atoms with Crippen LogP contribution in [0.1, 0.15) is 0 Å². The normalized spacial score (nSPS) is 13.4. The molecule has 1 N–H and O–H groups in total. The minimum Gasteiger partial charge on any atom is -0.487 e. The lowest BCUT2D eigenvalue weighted by atomic mass is 9.99. The predicted octanol–water partition coefficient (Wildman–Crippen LogP) is 0.534. The molecule has 0 bridgehead atoms. The summed E-state index contributed by atoms with van der Waals surface area (Å²) < 4.78 is 51.2. The molecule has 0 saturated carbocycles. The van der Waals surface area contributed by atoms with E-state index in [4.69, 9.17) is 32.8 Å². The summed E-state index contributed by atoms with van der Waals surface area (Å²) in [5, 5.41) is 0. The molecule has 9 heteroatoms. The van der Waals surface area contributed by atoms with Gasteiger partial charge in [-0.3, -0.25) is 0 Å². The number of benzene rings is 3. The molecule has 186 valence electrons. The summed E-state index contributed by atoms with van der Waals surface area (Å²) in [6, 6.07) is 31.2. The number of hydrogen-bond acceptors (Lipinski definition) is 7. The highest BCUT2D eigenvalue weighted by molar-refractivity contribution is 5.75. The van der Waals surface area contributed by atoms with Gasteiger partial charge in [-0.05, 0) is 47.5 Å². The molecule has 8 nitrogen and oxygen atoms in total. The van der Waals surface area contributed by atoms with E-state index in [-0.39, 0.29) is 0 Å². The van der Waals surface area contributed by atoms with E-state index in [2.05, 4.69) is 77.8 Å². The first kappa shape index (κ1) is 25.6. The SMILES string of the molecule is [O-][Cl+3]([O-])([O-])[O-].c1ccc(-c2cc(-c3ccc4c(c3)OCCOCCO4)cc(-c3ccccc3)[nH+]2)cc1. The average Bonchev–Trinajstić information content (AvgIpc) is 3.00. The number of pyridine rings is 1. The average molecular weight is 510 g/mol. The van der Waals surface area contributed by atoms with Crippen molar-refractivity contribution in [2.24, 2.45) is 0 Å². The lowest BCUT2D eigenvalue weighted by Crippen LogP contribution is -2.68. The molecule has 36 heavy (non-hydrogen) atoms. The van der Waals surface area contributed by atoms with Crippen LogP contribution in [-0.4, -0.2) is 26.4 Å². The van der Waals surface area contributed by atoms with Gasteiger partial charge in [0, 0.05) is 23.3 Å². The van der Waals surface area contributed by atoms with Crippen molar-refractivity contribution in [3.05, 3.63) is 91.0 Å². The van der Waals surface area contributed by atoms with Gasteiger partial charge in [-0.1, -0.05) is 42.5 Å². The van der Waals surface area contributed by atoms with Crippen molar-refractivity contribution in [2.75, 3.05) is 26.4 Å². The Morgan fingerprint density at radius 3 is 1.56 bits per heavy atom. The topological polar surface area (TPSA) is 134 Å². The lowest BCUT2D eigenvalue weighted by Gasteiger charge is -2.17. The van der Waals surface area contributed by atoms with Gasteiger partial charge in [0.25, 0.3) is 0 Å². The van der Waals surface area contributed by atoms with E-state index < -0.39 is 10.2 Å². The summed E-state index contributed by atoms with van der Waals surface area (Å²) in [4.78, 5) is 3.60. The maximum Gasteiger partial charge on any atom is 0.211 e. The van der Waals surface area contributed by atoms with E-state index in [9.17, 15) is 0 Å². The summed E-state index contributed by atoms with van der Waals surface area (Å²) in [6.07, 6.45) is 0. The molecule has 0 aliphatic carbocycles. The van der Waals surface area contributed by atoms with Crippen LogP contribution in [0.2, 0.25) is 0 Å². The summed E-state index contributed by atoms with van der Waals surface area (Å²) in [5.74, 6) is 1.50. The third-order valence-corrected chi connectivity index (χ3v) is 5.29. The van der Waals surface area contributed by atoms with Crippen LogP contribution in [-0.2, 0) is 4.74 Å². The van der Waals surface area contributed by atoms with E-state index in [1.54, 1.807) is 0 Å². The largest absolute Gasteiger partial charge is 0.487 e. The maximum atomic E-state index is 8.49. The van der Waals surface area contributed by atoms with Crippen LogP contribution in [0.3, 0.4) is 0 Å². The van der Waals surface area contributed by atoms with Crippen molar-refractivity contribution < 1.29 is 48.1 Å². The number of H-pyrrole nitrogens is 1. The first-order valence-electron chi connectivity index (χ1n) is 11.1. The van der Waals surface area contributed by atoms with Crippen molar-refractivity contribution in [1.29, 1.82) is 0 Å². The van der Waals surface area contributed by atoms with Crippen molar-refractivity contribution in [2.45, 2.75) is 0 Å². The van der Waals surface area contributed by atoms with Gasteiger partial charge in [-0.2, -0.15) is 0 Å². The highest BCUT2D eigenvalue weighted by Crippen LogP contribution is 2.35. The smallest absolute Gasteiger partial charge is 0.211 e. The van der Waals surface area contributed by atoms with Gasteiger partial charge < -0.3 is 14.2 Å². The fourth-order valence-electron chi connectivity index (χ4n) is 3.73. The van der Waals surface area contributed by atoms with Gasteiger partial charge in [-0.15, -0.1) is 10.2 Å². The van der Waals surface area contributed by atoms with Crippen LogP contribution in [0.15, 0.2) is 91.0 Å². The van der Waals surface area contributed by atoms with Crippen LogP contribution in [0.5, 0.6) is 11.5 Å². The molecule has 0 unspecified atom stereocenters. The zero-order valence-electron chi connectivity index (χ0n) is 19.2. The molecule has 1 aliphatic rings. The zero-order valence-corrected chi connectivity index (χ0v) is 20.0. The van der Waals surface area contributed by atoms with E-state index in [0.717, 1.165) is 45.1 Å². The molecule has 0 fully saturated rings. The lowest BCUT2D eigenvalue weighted by molar-refractivity contribution is -2.00. The van der Waals surface area contributed by atoms with Crippen molar-refractivity contribution >= 4 is 0 Å². The Labute approximate surface area is 210 Å². The Morgan fingerprint density at radius 1 is 0.528 bits per heavy atom. The number of halogens is 1. The van der Waals surface area contributed by atoms with Crippen LogP contribution in [0, 0.1) is 10.2 Å². The molecule has 3 aromatic carbocycles. The van der Waals surface area contributed by atoms with Crippen LogP contribution in [0.4, 0.5) is 0 Å². The van der Waals surface area contributed by atoms with E-state index in [0.29, 0.717) is 26.4 Å². The summed E-state index contributed by atoms with van der Waals surface area (Å²) >= 11 is 0. The number of fused-ring (bicyclic) bond motifs is 1. The molecule has 0 amide bonds. The van der Waals surface area contributed by atoms with Crippen molar-refractivity contribution in [1.82, 2.24) is 0 Å². The molecule has 4 aromatic rings. The molecule has 1 aliphatic heterocycles. The number of nitrogens with one attached hydrogen (secondary N) is 1. The molecule has 0 atom stereocenters. The van der Waals surface area contributed by atoms with Crippen LogP contribution < -0.4 is 33.1 Å². The van der Waals surface area contributed by atoms with Gasteiger partial charge in [0.2, 0.25) is 11.4 Å². The number of hydrogen-bond donors (Lipinski definition) is 0. The maximum absolute atomic E-state index is 8.49. The van der Waals surface area contributed by atoms with Crippen LogP contribution >= 0.6 is 0 Å². The summed E-state index contributed by atoms with van der Waals surface area (Å²) in [7, 11) is -4.94. The third-order valence-electron chi connectivity index (χ3n) is 5.29. The van der Waals surface area contributed by atoms with Gasteiger partial charge in [0.05, 0.1) is 13.2 Å². The summed E-state index contributed by atoms with van der Waals surface area (Å²) in [5.41, 5.74) is 6.59. The molecular formula is C27H24ClNO7. The molecule has 5 rings (SSSR count). The first-order chi connectivity index (χ1) is 17.4. The Balaban J connectivity index is 0.000000556. The number of aromatic nitrogens is 1. The standard InChI is InChI=1S/C27H23NO3.ClHO4/c1-3-7-20(8-4-1)24-17-23(18-25(28-24)21-9-5-2-6-10-21)22-11-12-26-27(19-22)31-16-14-29-13-15-30-26;2-1(3,4)5/h1-12,17-19H,13-16H2;(H,2,3,4,5). The molecule has 0 spiro atoms. The second-order valence-electron chi connectivity index (χ2n) is 7.78. The number of ether oxygens (including phenoxy) is 3. The molecular weight excluding hydrogens is 486 g/mol. The highest BCUT2D eigenvalue weighted by atomic mass is 35.7. The van der Waals surface area contributed by atoms with E-state index in [1.165, 1.54) is 0 Å². The Morgan fingerprint density at radius 2 is 1.03 bits per heavy atom. The Bertz CT molecular complexity index is 1200. The second kappa shape index (κ2) is 12.0. The zero-order chi connectivity index (χ0) is 25.4. The fraction of sp³-hybridized carbons (Fsp3) is 0.148. The quantitative estimate of drug-likeness (QED) is 0.393. The third kappa shape index (κ3) is 7.50. The van der Waals surface area contributed by atoms with Gasteiger partial charge in [-0.25, -0.2) is 23.6 Å². The monoisotopic (exact) mass is 509 g/mol. The molecule has 0 radical (unpaired) electrons. The predicted molar refractivity (Wildman–Crippen MR) is 121 cm³/mol. The molecule has 0 saturated heterocycles. The van der Waals surface area contributed by atoms with Crippen molar-refractivity contribution in [3.63, 3.8) is 0 Å². The first-order valence-corrected chi connectivity index (χ1v) is 12.4. The Hall–Kier alpha value is -3.50. The highest BCUT2D eigenvalue weighted by Gasteiger charge is 2.16. The fourth-order valence-corrected chi connectivity index (χ4v) is 3.73. The number of aromatic amines is 1. The van der Waals surface area contributed by atoms with Crippen molar-refractivity contribution in [3.8, 4) is 45.1 Å².